The maximum absolute atomic E-state index is 12.6. The molecule has 1 N–H and O–H groups in total. The molecule has 2 rings (SSSR count). The standard InChI is InChI=1S/C14H23N3O4S/c1-10-15-12(9-17(10)3)22(19,20)16-14(2)8-6-5-7-11(14)13(18)21-4/h9,11,16H,5-8H2,1-4H3/t11-,14+/m0/s1. The van der Waals surface area contributed by atoms with Gasteiger partial charge in [-0.1, -0.05) is 12.8 Å². The number of rotatable bonds is 4. The molecule has 1 fully saturated rings. The summed E-state index contributed by atoms with van der Waals surface area (Å²) >= 11 is 0. The Kier molecular flexibility index (Phi) is 4.62. The second-order valence-corrected chi connectivity index (χ2v) is 7.71. The summed E-state index contributed by atoms with van der Waals surface area (Å²) in [6.07, 6.45) is 4.44. The van der Waals surface area contributed by atoms with Gasteiger partial charge in [0.1, 0.15) is 5.82 Å². The molecule has 0 saturated heterocycles. The van der Waals surface area contributed by atoms with E-state index in [4.69, 9.17) is 4.74 Å². The molecule has 124 valence electrons. The molecule has 0 spiro atoms. The van der Waals surface area contributed by atoms with E-state index in [9.17, 15) is 13.2 Å². The second kappa shape index (κ2) is 6.00. The van der Waals surface area contributed by atoms with Gasteiger partial charge < -0.3 is 9.30 Å². The van der Waals surface area contributed by atoms with Crippen LogP contribution in [-0.2, 0) is 26.6 Å². The minimum absolute atomic E-state index is 0.0251. The van der Waals surface area contributed by atoms with Gasteiger partial charge in [-0.25, -0.2) is 18.1 Å². The van der Waals surface area contributed by atoms with Crippen molar-refractivity contribution in [2.45, 2.75) is 50.1 Å². The molecular formula is C14H23N3O4S. The van der Waals surface area contributed by atoms with Crippen molar-refractivity contribution in [1.82, 2.24) is 14.3 Å². The van der Waals surface area contributed by atoms with Gasteiger partial charge in [-0.15, -0.1) is 0 Å². The first-order valence-electron chi connectivity index (χ1n) is 7.31. The van der Waals surface area contributed by atoms with Gasteiger partial charge in [0, 0.05) is 18.8 Å². The number of nitrogens with zero attached hydrogens (tertiary/aromatic N) is 2. The largest absolute Gasteiger partial charge is 0.469 e. The van der Waals surface area contributed by atoms with Gasteiger partial charge >= 0.3 is 5.97 Å². The lowest BCUT2D eigenvalue weighted by Gasteiger charge is -2.39. The number of ether oxygens (including phenoxy) is 1. The fourth-order valence-electron chi connectivity index (χ4n) is 2.99. The molecule has 1 aliphatic rings. The van der Waals surface area contributed by atoms with Crippen molar-refractivity contribution in [2.24, 2.45) is 13.0 Å². The lowest BCUT2D eigenvalue weighted by atomic mass is 9.74. The number of nitrogens with one attached hydrogen (secondary N) is 1. The van der Waals surface area contributed by atoms with E-state index in [1.54, 1.807) is 25.5 Å². The third-order valence-corrected chi connectivity index (χ3v) is 5.91. The number of methoxy groups -OCH3 is 1. The molecule has 0 aliphatic heterocycles. The zero-order chi connectivity index (χ0) is 16.5. The third-order valence-electron chi connectivity index (χ3n) is 4.42. The van der Waals surface area contributed by atoms with E-state index in [0.717, 1.165) is 12.8 Å². The highest BCUT2D eigenvalue weighted by atomic mass is 32.2. The number of imidazole rings is 1. The van der Waals surface area contributed by atoms with Crippen molar-refractivity contribution >= 4 is 16.0 Å². The van der Waals surface area contributed by atoms with Crippen molar-refractivity contribution in [1.29, 1.82) is 0 Å². The summed E-state index contributed by atoms with van der Waals surface area (Å²) in [4.78, 5) is 16.1. The van der Waals surface area contributed by atoms with E-state index in [1.165, 1.54) is 13.3 Å². The van der Waals surface area contributed by atoms with E-state index in [0.29, 0.717) is 18.7 Å². The molecule has 0 aromatic carbocycles. The van der Waals surface area contributed by atoms with Gasteiger partial charge in [0.05, 0.1) is 13.0 Å². The van der Waals surface area contributed by atoms with Crippen LogP contribution in [0, 0.1) is 12.8 Å². The van der Waals surface area contributed by atoms with Crippen LogP contribution in [0.3, 0.4) is 0 Å². The first kappa shape index (κ1) is 17.0. The number of aryl methyl sites for hydroxylation is 2. The van der Waals surface area contributed by atoms with Gasteiger partial charge in [0.25, 0.3) is 10.0 Å². The fraction of sp³-hybridized carbons (Fsp3) is 0.714. The van der Waals surface area contributed by atoms with Gasteiger partial charge in [-0.3, -0.25) is 4.79 Å². The fourth-order valence-corrected chi connectivity index (χ4v) is 4.50. The summed E-state index contributed by atoms with van der Waals surface area (Å²) in [6.45, 7) is 3.50. The highest BCUT2D eigenvalue weighted by Crippen LogP contribution is 2.35. The van der Waals surface area contributed by atoms with E-state index in [-0.39, 0.29) is 11.0 Å². The zero-order valence-corrected chi connectivity index (χ0v) is 14.2. The van der Waals surface area contributed by atoms with Crippen molar-refractivity contribution in [3.63, 3.8) is 0 Å². The number of sulfonamides is 1. The lowest BCUT2D eigenvalue weighted by Crippen LogP contribution is -2.55. The molecule has 0 radical (unpaired) electrons. The molecule has 2 atom stereocenters. The SMILES string of the molecule is COC(=O)[C@@H]1CCCC[C@@]1(C)NS(=O)(=O)c1cn(C)c(C)n1. The predicted octanol–water partition coefficient (Wildman–Crippen LogP) is 1.13. The average Bonchev–Trinajstić information content (AvgIpc) is 2.78. The molecule has 8 heteroatoms. The van der Waals surface area contributed by atoms with Gasteiger partial charge in [0.2, 0.25) is 0 Å². The van der Waals surface area contributed by atoms with Gasteiger partial charge in [-0.05, 0) is 26.7 Å². The Balaban J connectivity index is 2.31. The average molecular weight is 329 g/mol. The number of carbonyl (C=O) groups is 1. The monoisotopic (exact) mass is 329 g/mol. The van der Waals surface area contributed by atoms with Crippen LogP contribution in [-0.4, -0.2) is 36.6 Å². The van der Waals surface area contributed by atoms with Crippen molar-refractivity contribution in [3.8, 4) is 0 Å². The van der Waals surface area contributed by atoms with Crippen LogP contribution in [0.25, 0.3) is 0 Å². The van der Waals surface area contributed by atoms with E-state index >= 15 is 0 Å². The summed E-state index contributed by atoms with van der Waals surface area (Å²) in [5.41, 5.74) is -0.852. The van der Waals surface area contributed by atoms with Crippen molar-refractivity contribution < 1.29 is 17.9 Å². The minimum atomic E-state index is -3.78. The quantitative estimate of drug-likeness (QED) is 0.836. The maximum Gasteiger partial charge on any atom is 0.310 e. The molecule has 1 heterocycles. The smallest absolute Gasteiger partial charge is 0.310 e. The summed E-state index contributed by atoms with van der Waals surface area (Å²) in [7, 11) is -0.720. The molecule has 1 aromatic heterocycles. The Morgan fingerprint density at radius 1 is 1.50 bits per heavy atom. The first-order valence-corrected chi connectivity index (χ1v) is 8.80. The van der Waals surface area contributed by atoms with Crippen LogP contribution in [0.1, 0.15) is 38.4 Å². The van der Waals surface area contributed by atoms with Crippen LogP contribution >= 0.6 is 0 Å². The van der Waals surface area contributed by atoms with Crippen molar-refractivity contribution in [2.75, 3.05) is 7.11 Å². The number of hydrogen-bond donors (Lipinski definition) is 1. The third kappa shape index (κ3) is 3.17. The Bertz CT molecular complexity index is 648. The Morgan fingerprint density at radius 3 is 2.73 bits per heavy atom. The van der Waals surface area contributed by atoms with Gasteiger partial charge in [-0.2, -0.15) is 0 Å². The summed E-state index contributed by atoms with van der Waals surface area (Å²) in [5.74, 6) is -0.244. The summed E-state index contributed by atoms with van der Waals surface area (Å²) in [6, 6.07) is 0. The number of esters is 1. The second-order valence-electron chi connectivity index (χ2n) is 6.08. The molecule has 1 aromatic rings. The Hall–Kier alpha value is -1.41. The van der Waals surface area contributed by atoms with Crippen LogP contribution in [0.2, 0.25) is 0 Å². The predicted molar refractivity (Wildman–Crippen MR) is 80.6 cm³/mol. The molecule has 1 saturated carbocycles. The summed E-state index contributed by atoms with van der Waals surface area (Å²) < 4.78 is 34.3. The number of aromatic nitrogens is 2. The Morgan fingerprint density at radius 2 is 2.18 bits per heavy atom. The van der Waals surface area contributed by atoms with Crippen LogP contribution < -0.4 is 4.72 Å². The van der Waals surface area contributed by atoms with E-state index < -0.39 is 21.5 Å². The normalized spacial score (nSPS) is 25.9. The first-order chi connectivity index (χ1) is 10.2. The molecule has 1 aliphatic carbocycles. The maximum atomic E-state index is 12.6. The van der Waals surface area contributed by atoms with Crippen LogP contribution in [0.15, 0.2) is 11.2 Å². The summed E-state index contributed by atoms with van der Waals surface area (Å²) in [5, 5.41) is -0.0251. The molecule has 0 amide bonds. The molecule has 7 nitrogen and oxygen atoms in total. The number of carbonyl (C=O) groups excluding carboxylic acids is 1. The topological polar surface area (TPSA) is 90.3 Å². The van der Waals surface area contributed by atoms with Crippen molar-refractivity contribution in [3.05, 3.63) is 12.0 Å². The molecule has 0 bridgehead atoms. The lowest BCUT2D eigenvalue weighted by molar-refractivity contribution is -0.149. The molecule has 22 heavy (non-hydrogen) atoms. The highest BCUT2D eigenvalue weighted by molar-refractivity contribution is 7.89. The minimum Gasteiger partial charge on any atom is -0.469 e. The molecule has 0 unspecified atom stereocenters. The zero-order valence-electron chi connectivity index (χ0n) is 13.4. The van der Waals surface area contributed by atoms with Crippen LogP contribution in [0.5, 0.6) is 0 Å². The number of hydrogen-bond acceptors (Lipinski definition) is 5. The van der Waals surface area contributed by atoms with Gasteiger partial charge in [0.15, 0.2) is 5.03 Å². The Labute approximate surface area is 131 Å². The molecular weight excluding hydrogens is 306 g/mol. The van der Waals surface area contributed by atoms with E-state index in [1.807, 2.05) is 0 Å². The van der Waals surface area contributed by atoms with E-state index in [2.05, 4.69) is 9.71 Å². The highest BCUT2D eigenvalue weighted by Gasteiger charge is 2.44. The van der Waals surface area contributed by atoms with Crippen LogP contribution in [0.4, 0.5) is 0 Å².